The second-order valence-electron chi connectivity index (χ2n) is 6.51. The van der Waals surface area contributed by atoms with Gasteiger partial charge in [0.1, 0.15) is 5.76 Å². The number of hydrogen-bond donors (Lipinski definition) is 0. The molecule has 0 N–H and O–H groups in total. The van der Waals surface area contributed by atoms with Gasteiger partial charge in [0.2, 0.25) is 11.8 Å². The molecule has 5 nitrogen and oxygen atoms in total. The summed E-state index contributed by atoms with van der Waals surface area (Å²) >= 11 is 0. The van der Waals surface area contributed by atoms with Gasteiger partial charge in [-0.05, 0) is 32.1 Å². The fourth-order valence-corrected chi connectivity index (χ4v) is 3.39. The number of nitrogens with zero attached hydrogens (tertiary/aromatic N) is 3. The Kier molecular flexibility index (Phi) is 4.29. The molecule has 2 fully saturated rings. The van der Waals surface area contributed by atoms with Gasteiger partial charge in [-0.3, -0.25) is 4.79 Å². The van der Waals surface area contributed by atoms with Crippen LogP contribution in [0.15, 0.2) is 10.6 Å². The summed E-state index contributed by atoms with van der Waals surface area (Å²) in [6.07, 6.45) is 6.93. The molecule has 1 saturated carbocycles. The van der Waals surface area contributed by atoms with Crippen molar-refractivity contribution in [3.63, 3.8) is 0 Å². The second kappa shape index (κ2) is 6.18. The minimum absolute atomic E-state index is 0.112. The maximum absolute atomic E-state index is 12.0. The van der Waals surface area contributed by atoms with Gasteiger partial charge in [-0.2, -0.15) is 0 Å². The lowest BCUT2D eigenvalue weighted by Crippen LogP contribution is -2.41. The largest absolute Gasteiger partial charge is 0.444 e. The molecule has 21 heavy (non-hydrogen) atoms. The molecule has 1 atom stereocenters. The van der Waals surface area contributed by atoms with E-state index in [0.717, 1.165) is 31.2 Å². The summed E-state index contributed by atoms with van der Waals surface area (Å²) < 4.78 is 5.52. The summed E-state index contributed by atoms with van der Waals surface area (Å²) in [5.41, 5.74) is 0. The molecule has 3 rings (SSSR count). The number of rotatable bonds is 5. The molecule has 0 bridgehead atoms. The van der Waals surface area contributed by atoms with Crippen LogP contribution in [0.2, 0.25) is 0 Å². The SMILES string of the molecule is CC(=O)N(Cc1ncc(C)o1)C1CCN(CC2CCC2)C1. The summed E-state index contributed by atoms with van der Waals surface area (Å²) in [5, 5.41) is 0. The summed E-state index contributed by atoms with van der Waals surface area (Å²) in [4.78, 5) is 20.6. The third kappa shape index (κ3) is 3.46. The van der Waals surface area contributed by atoms with Gasteiger partial charge in [-0.15, -0.1) is 0 Å². The fourth-order valence-electron chi connectivity index (χ4n) is 3.39. The van der Waals surface area contributed by atoms with Crippen LogP contribution in [0.25, 0.3) is 0 Å². The zero-order chi connectivity index (χ0) is 14.8. The molecule has 2 aliphatic rings. The van der Waals surface area contributed by atoms with E-state index in [-0.39, 0.29) is 5.91 Å². The molecular weight excluding hydrogens is 266 g/mol. The molecule has 0 spiro atoms. The van der Waals surface area contributed by atoms with Crippen molar-refractivity contribution in [2.24, 2.45) is 5.92 Å². The standard InChI is InChI=1S/C16H25N3O2/c1-12-8-17-16(21-12)11-19(13(2)20)15-6-7-18(10-15)9-14-4-3-5-14/h8,14-15H,3-7,9-11H2,1-2H3. The first-order valence-electron chi connectivity index (χ1n) is 8.02. The zero-order valence-corrected chi connectivity index (χ0v) is 13.0. The predicted molar refractivity (Wildman–Crippen MR) is 79.7 cm³/mol. The van der Waals surface area contributed by atoms with Crippen LogP contribution < -0.4 is 0 Å². The minimum atomic E-state index is 0.112. The summed E-state index contributed by atoms with van der Waals surface area (Å²) in [6.45, 7) is 7.33. The highest BCUT2D eigenvalue weighted by atomic mass is 16.4. The second-order valence-corrected chi connectivity index (χ2v) is 6.51. The Hall–Kier alpha value is -1.36. The van der Waals surface area contributed by atoms with Crippen LogP contribution in [-0.4, -0.2) is 46.4 Å². The number of carbonyl (C=O) groups is 1. The van der Waals surface area contributed by atoms with Crippen molar-refractivity contribution in [1.29, 1.82) is 0 Å². The first-order chi connectivity index (χ1) is 10.1. The van der Waals surface area contributed by atoms with E-state index in [0.29, 0.717) is 18.5 Å². The normalized spacial score (nSPS) is 23.2. The van der Waals surface area contributed by atoms with Gasteiger partial charge >= 0.3 is 0 Å². The summed E-state index contributed by atoms with van der Waals surface area (Å²) in [6, 6.07) is 0.301. The van der Waals surface area contributed by atoms with Gasteiger partial charge in [0.15, 0.2) is 0 Å². The summed E-state index contributed by atoms with van der Waals surface area (Å²) in [7, 11) is 0. The van der Waals surface area contributed by atoms with E-state index >= 15 is 0 Å². The molecule has 1 aliphatic heterocycles. The first kappa shape index (κ1) is 14.6. The van der Waals surface area contributed by atoms with Crippen molar-refractivity contribution in [2.75, 3.05) is 19.6 Å². The molecule has 0 aromatic carbocycles. The van der Waals surface area contributed by atoms with Gasteiger partial charge in [-0.1, -0.05) is 6.42 Å². The van der Waals surface area contributed by atoms with Crippen LogP contribution in [0, 0.1) is 12.8 Å². The number of aromatic nitrogens is 1. The van der Waals surface area contributed by atoms with E-state index in [2.05, 4.69) is 9.88 Å². The van der Waals surface area contributed by atoms with Crippen molar-refractivity contribution in [3.8, 4) is 0 Å². The molecule has 116 valence electrons. The Morgan fingerprint density at radius 1 is 1.48 bits per heavy atom. The van der Waals surface area contributed by atoms with Crippen LogP contribution in [0.5, 0.6) is 0 Å². The summed E-state index contributed by atoms with van der Waals surface area (Å²) in [5.74, 6) is 2.44. The smallest absolute Gasteiger partial charge is 0.220 e. The van der Waals surface area contributed by atoms with Gasteiger partial charge in [0, 0.05) is 32.6 Å². The van der Waals surface area contributed by atoms with Crippen LogP contribution in [-0.2, 0) is 11.3 Å². The predicted octanol–water partition coefficient (Wildman–Crippen LogP) is 2.21. The maximum atomic E-state index is 12.0. The lowest BCUT2D eigenvalue weighted by atomic mass is 9.85. The van der Waals surface area contributed by atoms with E-state index in [1.54, 1.807) is 13.1 Å². The molecule has 0 radical (unpaired) electrons. The number of carbonyl (C=O) groups excluding carboxylic acids is 1. The number of oxazole rings is 1. The van der Waals surface area contributed by atoms with Crippen LogP contribution in [0.1, 0.15) is 44.3 Å². The average molecular weight is 291 g/mol. The zero-order valence-electron chi connectivity index (χ0n) is 13.0. The topological polar surface area (TPSA) is 49.6 Å². The van der Waals surface area contributed by atoms with Gasteiger partial charge in [-0.25, -0.2) is 4.98 Å². The fraction of sp³-hybridized carbons (Fsp3) is 0.750. The molecule has 1 amide bonds. The molecular formula is C16H25N3O2. The van der Waals surface area contributed by atoms with Crippen LogP contribution >= 0.6 is 0 Å². The molecule has 1 aromatic rings. The van der Waals surface area contributed by atoms with Crippen molar-refractivity contribution < 1.29 is 9.21 Å². The Balaban J connectivity index is 1.57. The van der Waals surface area contributed by atoms with Crippen LogP contribution in [0.3, 0.4) is 0 Å². The number of hydrogen-bond acceptors (Lipinski definition) is 4. The van der Waals surface area contributed by atoms with Crippen molar-refractivity contribution in [2.45, 2.75) is 52.1 Å². The Bertz CT molecular complexity index is 495. The molecule has 1 aliphatic carbocycles. The monoisotopic (exact) mass is 291 g/mol. The van der Waals surface area contributed by atoms with Gasteiger partial charge in [0.05, 0.1) is 12.7 Å². The maximum Gasteiger partial charge on any atom is 0.220 e. The van der Waals surface area contributed by atoms with Gasteiger partial charge in [0.25, 0.3) is 0 Å². The molecule has 1 unspecified atom stereocenters. The van der Waals surface area contributed by atoms with Crippen molar-refractivity contribution >= 4 is 5.91 Å². The minimum Gasteiger partial charge on any atom is -0.444 e. The van der Waals surface area contributed by atoms with E-state index in [4.69, 9.17) is 4.42 Å². The lowest BCUT2D eigenvalue weighted by Gasteiger charge is -2.31. The Morgan fingerprint density at radius 3 is 2.86 bits per heavy atom. The Labute approximate surface area is 126 Å². The lowest BCUT2D eigenvalue weighted by molar-refractivity contribution is -0.132. The number of aryl methyl sites for hydroxylation is 1. The molecule has 5 heteroatoms. The van der Waals surface area contributed by atoms with Crippen molar-refractivity contribution in [3.05, 3.63) is 17.8 Å². The highest BCUT2D eigenvalue weighted by Gasteiger charge is 2.32. The van der Waals surface area contributed by atoms with E-state index in [1.807, 2.05) is 11.8 Å². The van der Waals surface area contributed by atoms with Gasteiger partial charge < -0.3 is 14.2 Å². The van der Waals surface area contributed by atoms with Crippen LogP contribution in [0.4, 0.5) is 0 Å². The third-order valence-electron chi connectivity index (χ3n) is 4.81. The highest BCUT2D eigenvalue weighted by molar-refractivity contribution is 5.73. The highest BCUT2D eigenvalue weighted by Crippen LogP contribution is 2.29. The molecule has 1 saturated heterocycles. The quantitative estimate of drug-likeness (QED) is 0.834. The molecule has 2 heterocycles. The number of amides is 1. The van der Waals surface area contributed by atoms with E-state index in [9.17, 15) is 4.79 Å². The Morgan fingerprint density at radius 2 is 2.29 bits per heavy atom. The third-order valence-corrected chi connectivity index (χ3v) is 4.81. The first-order valence-corrected chi connectivity index (χ1v) is 8.02. The molecule has 1 aromatic heterocycles. The number of likely N-dealkylation sites (tertiary alicyclic amines) is 1. The van der Waals surface area contributed by atoms with E-state index < -0.39 is 0 Å². The van der Waals surface area contributed by atoms with E-state index in [1.165, 1.54) is 25.8 Å². The average Bonchev–Trinajstić information content (AvgIpc) is 3.00. The van der Waals surface area contributed by atoms with Crippen molar-refractivity contribution in [1.82, 2.24) is 14.8 Å².